The number of para-hydroxylation sites is 1. The van der Waals surface area contributed by atoms with Crippen molar-refractivity contribution in [3.8, 4) is 0 Å². The van der Waals surface area contributed by atoms with Gasteiger partial charge in [0.25, 0.3) is 11.8 Å². The molecule has 5 nitrogen and oxygen atoms in total. The SMILES string of the molecule is Cc1ccc(N2C(=O)C(Sc3ccc(Cl)cc3)=C(N3CCN(c4ccccc4)CC3)C2=O)cc1Cl. The first-order chi connectivity index (χ1) is 16.9. The molecule has 2 aliphatic heterocycles. The van der Waals surface area contributed by atoms with Gasteiger partial charge in [0.05, 0.1) is 5.69 Å². The maximum absolute atomic E-state index is 13.7. The highest BCUT2D eigenvalue weighted by atomic mass is 35.5. The molecule has 1 saturated heterocycles. The number of amides is 2. The fourth-order valence-electron chi connectivity index (χ4n) is 4.27. The first kappa shape index (κ1) is 23.8. The lowest BCUT2D eigenvalue weighted by Gasteiger charge is -2.37. The number of carbonyl (C=O) groups excluding carboxylic acids is 2. The van der Waals surface area contributed by atoms with E-state index in [1.807, 2.05) is 48.2 Å². The lowest BCUT2D eigenvalue weighted by Crippen LogP contribution is -2.47. The van der Waals surface area contributed by atoms with Crippen molar-refractivity contribution >= 4 is 58.2 Å². The molecule has 3 aromatic carbocycles. The quantitative estimate of drug-likeness (QED) is 0.383. The van der Waals surface area contributed by atoms with Crippen molar-refractivity contribution in [3.05, 3.63) is 99.0 Å². The molecular weight excluding hydrogens is 501 g/mol. The number of piperazine rings is 1. The van der Waals surface area contributed by atoms with Gasteiger partial charge in [0.1, 0.15) is 10.6 Å². The highest BCUT2D eigenvalue weighted by Crippen LogP contribution is 2.40. The highest BCUT2D eigenvalue weighted by molar-refractivity contribution is 8.04. The van der Waals surface area contributed by atoms with Crippen LogP contribution in [0.15, 0.2) is 88.3 Å². The van der Waals surface area contributed by atoms with Gasteiger partial charge in [-0.15, -0.1) is 0 Å². The van der Waals surface area contributed by atoms with Gasteiger partial charge in [-0.25, -0.2) is 4.90 Å². The maximum Gasteiger partial charge on any atom is 0.283 e. The van der Waals surface area contributed by atoms with Gasteiger partial charge in [-0.05, 0) is 61.0 Å². The number of aryl methyl sites for hydroxylation is 1. The van der Waals surface area contributed by atoms with Crippen LogP contribution in [0.25, 0.3) is 0 Å². The van der Waals surface area contributed by atoms with E-state index in [0.29, 0.717) is 39.4 Å². The van der Waals surface area contributed by atoms with Gasteiger partial charge in [-0.1, -0.05) is 59.2 Å². The van der Waals surface area contributed by atoms with Gasteiger partial charge in [0.2, 0.25) is 0 Å². The molecule has 0 aliphatic carbocycles. The summed E-state index contributed by atoms with van der Waals surface area (Å²) in [5.41, 5.74) is 2.96. The molecule has 0 unspecified atom stereocenters. The summed E-state index contributed by atoms with van der Waals surface area (Å²) in [5, 5.41) is 1.13. The van der Waals surface area contributed by atoms with Crippen molar-refractivity contribution < 1.29 is 9.59 Å². The van der Waals surface area contributed by atoms with E-state index >= 15 is 0 Å². The standard InChI is InChI=1S/C27H23Cl2N3O2S/c1-18-7-10-21(17-23(18)29)32-26(33)24(25(27(32)34)35-22-11-8-19(28)9-12-22)31-15-13-30(14-16-31)20-5-3-2-4-6-20/h2-12,17H,13-16H2,1H3. The molecule has 0 spiro atoms. The molecule has 0 aromatic heterocycles. The minimum atomic E-state index is -0.338. The monoisotopic (exact) mass is 523 g/mol. The predicted octanol–water partition coefficient (Wildman–Crippen LogP) is 6.00. The van der Waals surface area contributed by atoms with Crippen LogP contribution < -0.4 is 9.80 Å². The molecule has 3 aromatic rings. The van der Waals surface area contributed by atoms with Crippen molar-refractivity contribution in [1.29, 1.82) is 0 Å². The summed E-state index contributed by atoms with van der Waals surface area (Å²) in [6.45, 7) is 4.67. The zero-order chi connectivity index (χ0) is 24.5. The molecule has 178 valence electrons. The summed E-state index contributed by atoms with van der Waals surface area (Å²) < 4.78 is 0. The Kier molecular flexibility index (Phi) is 6.78. The van der Waals surface area contributed by atoms with Crippen LogP contribution in [0.2, 0.25) is 10.0 Å². The number of thioether (sulfide) groups is 1. The number of anilines is 2. The Balaban J connectivity index is 1.47. The van der Waals surface area contributed by atoms with Crippen molar-refractivity contribution in [2.24, 2.45) is 0 Å². The number of nitrogens with zero attached hydrogens (tertiary/aromatic N) is 3. The van der Waals surface area contributed by atoms with Crippen molar-refractivity contribution in [2.45, 2.75) is 11.8 Å². The second-order valence-corrected chi connectivity index (χ2v) is 10.3. The Morgan fingerprint density at radius 1 is 0.743 bits per heavy atom. The van der Waals surface area contributed by atoms with Crippen LogP contribution in [0, 0.1) is 6.92 Å². The third-order valence-electron chi connectivity index (χ3n) is 6.18. The molecule has 0 atom stereocenters. The first-order valence-electron chi connectivity index (χ1n) is 11.3. The van der Waals surface area contributed by atoms with Crippen molar-refractivity contribution in [2.75, 3.05) is 36.0 Å². The molecule has 35 heavy (non-hydrogen) atoms. The molecule has 1 fully saturated rings. The Labute approximate surface area is 218 Å². The van der Waals surface area contributed by atoms with Crippen molar-refractivity contribution in [3.63, 3.8) is 0 Å². The lowest BCUT2D eigenvalue weighted by molar-refractivity contribution is -0.121. The van der Waals surface area contributed by atoms with Crippen LogP contribution in [0.4, 0.5) is 11.4 Å². The van der Waals surface area contributed by atoms with Gasteiger partial charge in [0, 0.05) is 46.8 Å². The lowest BCUT2D eigenvalue weighted by atomic mass is 10.2. The zero-order valence-corrected chi connectivity index (χ0v) is 21.4. The van der Waals surface area contributed by atoms with Crippen LogP contribution in [-0.2, 0) is 9.59 Å². The Hall–Kier alpha value is -2.93. The minimum absolute atomic E-state index is 0.320. The molecule has 2 amide bonds. The Morgan fingerprint density at radius 3 is 2.06 bits per heavy atom. The number of halogens is 2. The molecule has 0 bridgehead atoms. The maximum atomic E-state index is 13.7. The van der Waals surface area contributed by atoms with Crippen LogP contribution in [0.5, 0.6) is 0 Å². The average molecular weight is 524 g/mol. The van der Waals surface area contributed by atoms with Crippen LogP contribution >= 0.6 is 35.0 Å². The van der Waals surface area contributed by atoms with Crippen LogP contribution in [0.3, 0.4) is 0 Å². The Morgan fingerprint density at radius 2 is 1.40 bits per heavy atom. The number of imide groups is 1. The number of benzene rings is 3. The summed E-state index contributed by atoms with van der Waals surface area (Å²) >= 11 is 13.7. The minimum Gasteiger partial charge on any atom is -0.368 e. The van der Waals surface area contributed by atoms with Gasteiger partial charge < -0.3 is 9.80 Å². The third-order valence-corrected chi connectivity index (χ3v) is 7.92. The molecule has 0 saturated carbocycles. The largest absolute Gasteiger partial charge is 0.368 e. The molecule has 8 heteroatoms. The predicted molar refractivity (Wildman–Crippen MR) is 143 cm³/mol. The van der Waals surface area contributed by atoms with E-state index in [2.05, 4.69) is 17.0 Å². The third kappa shape index (κ3) is 4.79. The molecule has 2 heterocycles. The number of carbonyl (C=O) groups is 2. The molecule has 0 radical (unpaired) electrons. The average Bonchev–Trinajstić information content (AvgIpc) is 3.12. The van der Waals surface area contributed by atoms with Gasteiger partial charge >= 0.3 is 0 Å². The zero-order valence-electron chi connectivity index (χ0n) is 19.1. The summed E-state index contributed by atoms with van der Waals surface area (Å²) in [7, 11) is 0. The summed E-state index contributed by atoms with van der Waals surface area (Å²) in [4.78, 5) is 34.2. The van der Waals surface area contributed by atoms with E-state index in [1.165, 1.54) is 16.7 Å². The van der Waals surface area contributed by atoms with Crippen LogP contribution in [0.1, 0.15) is 5.56 Å². The molecule has 0 N–H and O–H groups in total. The van der Waals surface area contributed by atoms with E-state index in [9.17, 15) is 9.59 Å². The molecule has 5 rings (SSSR count). The summed E-state index contributed by atoms with van der Waals surface area (Å²) in [5.74, 6) is -0.657. The van der Waals surface area contributed by atoms with E-state index in [4.69, 9.17) is 23.2 Å². The van der Waals surface area contributed by atoms with E-state index < -0.39 is 0 Å². The van der Waals surface area contributed by atoms with E-state index in [0.717, 1.165) is 29.2 Å². The summed E-state index contributed by atoms with van der Waals surface area (Å²) in [6, 6.07) is 22.7. The first-order valence-corrected chi connectivity index (χ1v) is 12.9. The summed E-state index contributed by atoms with van der Waals surface area (Å²) in [6.07, 6.45) is 0. The fraction of sp³-hybridized carbons (Fsp3) is 0.185. The highest BCUT2D eigenvalue weighted by Gasteiger charge is 2.43. The molecular formula is C27H23Cl2N3O2S. The number of hydrogen-bond donors (Lipinski definition) is 0. The second-order valence-electron chi connectivity index (χ2n) is 8.42. The van der Waals surface area contributed by atoms with Gasteiger partial charge in [-0.3, -0.25) is 9.59 Å². The normalized spacial score (nSPS) is 16.5. The van der Waals surface area contributed by atoms with Gasteiger partial charge in [-0.2, -0.15) is 0 Å². The molecule has 2 aliphatic rings. The number of hydrogen-bond acceptors (Lipinski definition) is 5. The fourth-order valence-corrected chi connectivity index (χ4v) is 5.57. The van der Waals surface area contributed by atoms with E-state index in [-0.39, 0.29) is 11.8 Å². The topological polar surface area (TPSA) is 43.9 Å². The second kappa shape index (κ2) is 9.97. The van der Waals surface area contributed by atoms with Gasteiger partial charge in [0.15, 0.2) is 0 Å². The van der Waals surface area contributed by atoms with Crippen LogP contribution in [-0.4, -0.2) is 42.9 Å². The Bertz CT molecular complexity index is 1300. The smallest absolute Gasteiger partial charge is 0.283 e. The number of rotatable bonds is 5. The van der Waals surface area contributed by atoms with E-state index in [1.54, 1.807) is 24.3 Å². The van der Waals surface area contributed by atoms with Crippen molar-refractivity contribution in [1.82, 2.24) is 4.90 Å².